The van der Waals surface area contributed by atoms with Crippen molar-refractivity contribution in [2.45, 2.75) is 26.9 Å². The molecule has 84 valence electrons. The van der Waals surface area contributed by atoms with Gasteiger partial charge in [0.2, 0.25) is 0 Å². The average molecular weight is 216 g/mol. The highest BCUT2D eigenvalue weighted by atomic mass is 16.5. The van der Waals surface area contributed by atoms with Crippen LogP contribution < -0.4 is 5.32 Å². The van der Waals surface area contributed by atoms with Gasteiger partial charge in [-0.15, -0.1) is 0 Å². The van der Waals surface area contributed by atoms with Crippen LogP contribution in [0.4, 0.5) is 0 Å². The summed E-state index contributed by atoms with van der Waals surface area (Å²) in [4.78, 5) is 0. The van der Waals surface area contributed by atoms with E-state index >= 15 is 0 Å². The van der Waals surface area contributed by atoms with Crippen LogP contribution >= 0.6 is 0 Å². The van der Waals surface area contributed by atoms with Gasteiger partial charge in [-0.05, 0) is 25.0 Å². The summed E-state index contributed by atoms with van der Waals surface area (Å²) in [6.45, 7) is 5.81. The van der Waals surface area contributed by atoms with Crippen molar-refractivity contribution >= 4 is 0 Å². The van der Waals surface area contributed by atoms with E-state index in [0.29, 0.717) is 6.54 Å². The van der Waals surface area contributed by atoms with Gasteiger partial charge in [-0.25, -0.2) is 0 Å². The van der Waals surface area contributed by atoms with Crippen molar-refractivity contribution in [2.24, 2.45) is 0 Å². The molecule has 1 heterocycles. The van der Waals surface area contributed by atoms with Crippen LogP contribution in [0, 0.1) is 13.8 Å². The number of benzene rings is 1. The normalized spacial score (nSPS) is 10.6. The second kappa shape index (κ2) is 4.94. The molecule has 2 rings (SSSR count). The van der Waals surface area contributed by atoms with Gasteiger partial charge in [-0.2, -0.15) is 0 Å². The third kappa shape index (κ3) is 2.70. The van der Waals surface area contributed by atoms with E-state index in [2.05, 4.69) is 42.5 Å². The number of hydrogen-bond donors (Lipinski definition) is 1. The first-order valence-corrected chi connectivity index (χ1v) is 5.42. The molecule has 0 atom stereocenters. The van der Waals surface area contributed by atoms with E-state index < -0.39 is 0 Å². The Morgan fingerprint density at radius 3 is 2.81 bits per heavy atom. The van der Waals surface area contributed by atoms with Gasteiger partial charge >= 0.3 is 0 Å². The van der Waals surface area contributed by atoms with Crippen LogP contribution in [0.25, 0.3) is 0 Å². The third-order valence-corrected chi connectivity index (χ3v) is 2.61. The molecular weight excluding hydrogens is 200 g/mol. The molecule has 1 aromatic carbocycles. The van der Waals surface area contributed by atoms with Crippen molar-refractivity contribution in [3.05, 3.63) is 52.9 Å². The van der Waals surface area contributed by atoms with E-state index in [-0.39, 0.29) is 0 Å². The molecule has 2 aromatic rings. The zero-order chi connectivity index (χ0) is 11.4. The molecule has 3 nitrogen and oxygen atoms in total. The van der Waals surface area contributed by atoms with Crippen molar-refractivity contribution in [1.29, 1.82) is 0 Å². The minimum atomic E-state index is 0.716. The van der Waals surface area contributed by atoms with Crippen molar-refractivity contribution in [3.63, 3.8) is 0 Å². The molecule has 0 aliphatic rings. The van der Waals surface area contributed by atoms with Gasteiger partial charge in [0.05, 0.1) is 12.7 Å². The lowest BCUT2D eigenvalue weighted by atomic mass is 10.1. The Labute approximate surface area is 95.5 Å². The molecule has 0 bridgehead atoms. The smallest absolute Gasteiger partial charge is 0.150 e. The predicted octanol–water partition coefficient (Wildman–Crippen LogP) is 2.58. The SMILES string of the molecule is Cc1ccc(C)c(CNCc2ccno2)c1. The van der Waals surface area contributed by atoms with Crippen LogP contribution in [-0.4, -0.2) is 5.16 Å². The van der Waals surface area contributed by atoms with Crippen molar-refractivity contribution in [3.8, 4) is 0 Å². The van der Waals surface area contributed by atoms with E-state index in [0.717, 1.165) is 12.3 Å². The quantitative estimate of drug-likeness (QED) is 0.853. The van der Waals surface area contributed by atoms with Gasteiger partial charge in [0.25, 0.3) is 0 Å². The Hall–Kier alpha value is -1.61. The zero-order valence-electron chi connectivity index (χ0n) is 9.66. The Morgan fingerprint density at radius 1 is 1.19 bits per heavy atom. The number of hydrogen-bond acceptors (Lipinski definition) is 3. The third-order valence-electron chi connectivity index (χ3n) is 2.61. The highest BCUT2D eigenvalue weighted by molar-refractivity contribution is 5.30. The molecule has 0 spiro atoms. The second-order valence-corrected chi connectivity index (χ2v) is 4.01. The molecule has 3 heteroatoms. The molecule has 16 heavy (non-hydrogen) atoms. The molecule has 0 fully saturated rings. The number of nitrogens with one attached hydrogen (secondary N) is 1. The Kier molecular flexibility index (Phi) is 3.37. The van der Waals surface area contributed by atoms with Crippen LogP contribution in [0.15, 0.2) is 35.0 Å². The summed E-state index contributed by atoms with van der Waals surface area (Å²) in [5.41, 5.74) is 3.94. The van der Waals surface area contributed by atoms with Crippen LogP contribution in [0.5, 0.6) is 0 Å². The summed E-state index contributed by atoms with van der Waals surface area (Å²) in [7, 11) is 0. The maximum absolute atomic E-state index is 5.01. The summed E-state index contributed by atoms with van der Waals surface area (Å²) in [5, 5.41) is 7.00. The fourth-order valence-corrected chi connectivity index (χ4v) is 1.64. The Bertz CT molecular complexity index is 449. The van der Waals surface area contributed by atoms with Crippen molar-refractivity contribution < 1.29 is 4.52 Å². The lowest BCUT2D eigenvalue weighted by Gasteiger charge is -2.07. The minimum Gasteiger partial charge on any atom is -0.360 e. The molecule has 0 aliphatic heterocycles. The van der Waals surface area contributed by atoms with Crippen LogP contribution in [0.1, 0.15) is 22.5 Å². The fraction of sp³-hybridized carbons (Fsp3) is 0.308. The summed E-state index contributed by atoms with van der Waals surface area (Å²) >= 11 is 0. The maximum Gasteiger partial charge on any atom is 0.150 e. The minimum absolute atomic E-state index is 0.716. The number of aromatic nitrogens is 1. The largest absolute Gasteiger partial charge is 0.360 e. The Morgan fingerprint density at radius 2 is 2.06 bits per heavy atom. The molecular formula is C13H16N2O. The first-order valence-electron chi connectivity index (χ1n) is 5.42. The predicted molar refractivity (Wildman–Crippen MR) is 63.0 cm³/mol. The number of aryl methyl sites for hydroxylation is 2. The van der Waals surface area contributed by atoms with Gasteiger partial charge in [-0.3, -0.25) is 0 Å². The lowest BCUT2D eigenvalue weighted by Crippen LogP contribution is -2.13. The van der Waals surface area contributed by atoms with E-state index in [1.807, 2.05) is 6.07 Å². The fourth-order valence-electron chi connectivity index (χ4n) is 1.64. The molecule has 0 radical (unpaired) electrons. The van der Waals surface area contributed by atoms with E-state index in [1.165, 1.54) is 16.7 Å². The zero-order valence-corrected chi connectivity index (χ0v) is 9.66. The maximum atomic E-state index is 5.01. The topological polar surface area (TPSA) is 38.1 Å². The van der Waals surface area contributed by atoms with Gasteiger partial charge < -0.3 is 9.84 Å². The molecule has 1 N–H and O–H groups in total. The van der Waals surface area contributed by atoms with Crippen LogP contribution in [0.2, 0.25) is 0 Å². The molecule has 1 aromatic heterocycles. The lowest BCUT2D eigenvalue weighted by molar-refractivity contribution is 0.372. The van der Waals surface area contributed by atoms with E-state index in [9.17, 15) is 0 Å². The van der Waals surface area contributed by atoms with E-state index in [4.69, 9.17) is 4.52 Å². The first-order chi connectivity index (χ1) is 7.75. The molecule has 0 amide bonds. The molecule has 0 unspecified atom stereocenters. The molecule has 0 saturated carbocycles. The molecule has 0 aliphatic carbocycles. The van der Waals surface area contributed by atoms with Gasteiger partial charge in [-0.1, -0.05) is 28.9 Å². The summed E-state index contributed by atoms with van der Waals surface area (Å²) in [6.07, 6.45) is 1.66. The highest BCUT2D eigenvalue weighted by Gasteiger charge is 2.00. The van der Waals surface area contributed by atoms with Gasteiger partial charge in [0, 0.05) is 12.6 Å². The summed E-state index contributed by atoms with van der Waals surface area (Å²) in [6, 6.07) is 8.37. The van der Waals surface area contributed by atoms with Crippen LogP contribution in [-0.2, 0) is 13.1 Å². The second-order valence-electron chi connectivity index (χ2n) is 4.01. The number of nitrogens with zero attached hydrogens (tertiary/aromatic N) is 1. The van der Waals surface area contributed by atoms with Crippen molar-refractivity contribution in [2.75, 3.05) is 0 Å². The summed E-state index contributed by atoms with van der Waals surface area (Å²) in [5.74, 6) is 0.866. The summed E-state index contributed by atoms with van der Waals surface area (Å²) < 4.78 is 5.01. The average Bonchev–Trinajstić information content (AvgIpc) is 2.76. The van der Waals surface area contributed by atoms with Crippen LogP contribution in [0.3, 0.4) is 0 Å². The highest BCUT2D eigenvalue weighted by Crippen LogP contribution is 2.10. The molecule has 0 saturated heterocycles. The first kappa shape index (κ1) is 10.9. The number of rotatable bonds is 4. The Balaban J connectivity index is 1.92. The van der Waals surface area contributed by atoms with Gasteiger partial charge in [0.1, 0.15) is 5.76 Å². The monoisotopic (exact) mass is 216 g/mol. The standard InChI is InChI=1S/C13H16N2O/c1-10-3-4-11(2)12(7-10)8-14-9-13-5-6-15-16-13/h3-7,14H,8-9H2,1-2H3. The van der Waals surface area contributed by atoms with Crippen molar-refractivity contribution in [1.82, 2.24) is 10.5 Å². The van der Waals surface area contributed by atoms with E-state index in [1.54, 1.807) is 6.20 Å². The van der Waals surface area contributed by atoms with Gasteiger partial charge in [0.15, 0.2) is 0 Å².